The van der Waals surface area contributed by atoms with Gasteiger partial charge in [0.2, 0.25) is 0 Å². The zero-order chi connectivity index (χ0) is 15.8. The van der Waals surface area contributed by atoms with E-state index in [1.807, 2.05) is 0 Å². The van der Waals surface area contributed by atoms with Crippen LogP contribution in [0.25, 0.3) is 0 Å². The van der Waals surface area contributed by atoms with Crippen LogP contribution in [0.15, 0.2) is 4.90 Å². The minimum atomic E-state index is -4.04. The number of rotatable bonds is 6. The van der Waals surface area contributed by atoms with Crippen LogP contribution in [0.1, 0.15) is 62.1 Å². The molecule has 118 valence electrons. The van der Waals surface area contributed by atoms with Gasteiger partial charge in [0.1, 0.15) is 4.90 Å². The molecule has 0 atom stereocenters. The molecule has 1 aliphatic carbocycles. The number of hydrogen-bond donors (Lipinski definition) is 2. The van der Waals surface area contributed by atoms with Crippen molar-refractivity contribution in [1.82, 2.24) is 15.5 Å². The Labute approximate surface area is 129 Å². The number of aromatic amines is 1. The van der Waals surface area contributed by atoms with Crippen LogP contribution in [0.3, 0.4) is 0 Å². The third-order valence-electron chi connectivity index (χ3n) is 4.12. The highest BCUT2D eigenvalue weighted by Crippen LogP contribution is 2.47. The highest BCUT2D eigenvalue weighted by atomic mass is 35.7. The van der Waals surface area contributed by atoms with Crippen LogP contribution in [-0.2, 0) is 9.05 Å². The van der Waals surface area contributed by atoms with Crippen LogP contribution in [0.2, 0.25) is 0 Å². The topological polar surface area (TPSA) is 91.9 Å². The van der Waals surface area contributed by atoms with Gasteiger partial charge in [-0.05, 0) is 30.6 Å². The molecule has 0 unspecified atom stereocenters. The van der Waals surface area contributed by atoms with Gasteiger partial charge in [-0.1, -0.05) is 20.8 Å². The van der Waals surface area contributed by atoms with Gasteiger partial charge < -0.3 is 5.32 Å². The van der Waals surface area contributed by atoms with E-state index in [-0.39, 0.29) is 21.9 Å². The average Bonchev–Trinajstić information content (AvgIpc) is 3.01. The molecule has 2 rings (SSSR count). The summed E-state index contributed by atoms with van der Waals surface area (Å²) in [6, 6.07) is 0. The molecule has 6 nitrogen and oxygen atoms in total. The molecule has 0 aromatic carbocycles. The summed E-state index contributed by atoms with van der Waals surface area (Å²) in [6.45, 7) is 6.22. The molecule has 0 aliphatic heterocycles. The van der Waals surface area contributed by atoms with Crippen LogP contribution in [-0.4, -0.2) is 31.1 Å². The van der Waals surface area contributed by atoms with Crippen LogP contribution < -0.4 is 5.32 Å². The minimum Gasteiger partial charge on any atom is -0.350 e. The summed E-state index contributed by atoms with van der Waals surface area (Å²) in [5, 5.41) is 9.24. The number of hydrogen-bond acceptors (Lipinski definition) is 4. The van der Waals surface area contributed by atoms with Crippen molar-refractivity contribution >= 4 is 25.6 Å². The first-order valence-corrected chi connectivity index (χ1v) is 9.32. The Kier molecular flexibility index (Phi) is 4.35. The fourth-order valence-corrected chi connectivity index (χ4v) is 3.70. The zero-order valence-corrected chi connectivity index (χ0v) is 13.9. The molecule has 0 bridgehead atoms. The van der Waals surface area contributed by atoms with Crippen molar-refractivity contribution in [2.45, 2.75) is 50.8 Å². The molecule has 1 saturated carbocycles. The van der Waals surface area contributed by atoms with Gasteiger partial charge >= 0.3 is 0 Å². The molecule has 0 saturated heterocycles. The number of halogens is 1. The lowest BCUT2D eigenvalue weighted by molar-refractivity contribution is 0.0936. The number of carbonyl (C=O) groups is 1. The standard InChI is InChI=1S/C13H20ClN3O3S/c1-4-13(5-6-13)7-15-12(18)10-11(21(14,19)20)9(8(2)3)16-17-10/h8H,4-7H2,1-3H3,(H,15,18)(H,16,17). The monoisotopic (exact) mass is 333 g/mol. The molecule has 21 heavy (non-hydrogen) atoms. The maximum atomic E-state index is 12.2. The van der Waals surface area contributed by atoms with Gasteiger partial charge in [0, 0.05) is 17.2 Å². The molecule has 1 aromatic heterocycles. The maximum absolute atomic E-state index is 12.2. The molecule has 2 N–H and O–H groups in total. The lowest BCUT2D eigenvalue weighted by Gasteiger charge is -2.13. The van der Waals surface area contributed by atoms with E-state index < -0.39 is 15.0 Å². The minimum absolute atomic E-state index is 0.131. The van der Waals surface area contributed by atoms with Gasteiger partial charge in [-0.15, -0.1) is 0 Å². The lowest BCUT2D eigenvalue weighted by Crippen LogP contribution is -2.31. The van der Waals surface area contributed by atoms with Crippen molar-refractivity contribution in [3.05, 3.63) is 11.4 Å². The Balaban J connectivity index is 2.25. The number of nitrogens with one attached hydrogen (secondary N) is 2. The van der Waals surface area contributed by atoms with Gasteiger partial charge in [0.05, 0.1) is 5.69 Å². The molecule has 1 heterocycles. The van der Waals surface area contributed by atoms with Gasteiger partial charge in [-0.25, -0.2) is 8.42 Å². The van der Waals surface area contributed by atoms with E-state index in [4.69, 9.17) is 10.7 Å². The lowest BCUT2D eigenvalue weighted by atomic mass is 10.0. The number of H-pyrrole nitrogens is 1. The molecule has 1 aliphatic rings. The van der Waals surface area contributed by atoms with Crippen LogP contribution in [0, 0.1) is 5.41 Å². The first-order chi connectivity index (χ1) is 9.70. The first kappa shape index (κ1) is 16.3. The van der Waals surface area contributed by atoms with E-state index in [1.54, 1.807) is 13.8 Å². The summed E-state index contributed by atoms with van der Waals surface area (Å²) < 4.78 is 23.5. The van der Waals surface area contributed by atoms with Crippen molar-refractivity contribution in [1.29, 1.82) is 0 Å². The maximum Gasteiger partial charge on any atom is 0.273 e. The molecule has 1 amide bonds. The average molecular weight is 334 g/mol. The Morgan fingerprint density at radius 1 is 1.48 bits per heavy atom. The second-order valence-electron chi connectivity index (χ2n) is 5.94. The number of aromatic nitrogens is 2. The Bertz CT molecular complexity index is 648. The fraction of sp³-hybridized carbons (Fsp3) is 0.692. The SMILES string of the molecule is CCC1(CNC(=O)c2n[nH]c(C(C)C)c2S(=O)(=O)Cl)CC1. The van der Waals surface area contributed by atoms with Gasteiger partial charge in [-0.2, -0.15) is 5.10 Å². The quantitative estimate of drug-likeness (QED) is 0.782. The van der Waals surface area contributed by atoms with Gasteiger partial charge in [-0.3, -0.25) is 9.89 Å². The third-order valence-corrected chi connectivity index (χ3v) is 5.48. The summed E-state index contributed by atoms with van der Waals surface area (Å²) in [6.07, 6.45) is 3.16. The van der Waals surface area contributed by atoms with Crippen molar-refractivity contribution < 1.29 is 13.2 Å². The van der Waals surface area contributed by atoms with Gasteiger partial charge in [0.15, 0.2) is 5.69 Å². The van der Waals surface area contributed by atoms with Crippen LogP contribution in [0.4, 0.5) is 0 Å². The Morgan fingerprint density at radius 2 is 2.10 bits per heavy atom. The summed E-state index contributed by atoms with van der Waals surface area (Å²) in [7, 11) is 1.42. The normalized spacial score (nSPS) is 17.0. The highest BCUT2D eigenvalue weighted by molar-refractivity contribution is 8.13. The van der Waals surface area contributed by atoms with E-state index in [2.05, 4.69) is 22.4 Å². The molecular weight excluding hydrogens is 314 g/mol. The van der Waals surface area contributed by atoms with Crippen molar-refractivity contribution in [2.24, 2.45) is 5.41 Å². The summed E-state index contributed by atoms with van der Waals surface area (Å²) in [5.41, 5.74) is 0.375. The second kappa shape index (κ2) is 5.61. The van der Waals surface area contributed by atoms with E-state index in [0.29, 0.717) is 12.2 Å². The fourth-order valence-electron chi connectivity index (χ4n) is 2.32. The van der Waals surface area contributed by atoms with E-state index in [9.17, 15) is 13.2 Å². The molecule has 1 fully saturated rings. The predicted molar refractivity (Wildman–Crippen MR) is 80.0 cm³/mol. The molecule has 0 radical (unpaired) electrons. The van der Waals surface area contributed by atoms with E-state index in [0.717, 1.165) is 19.3 Å². The smallest absolute Gasteiger partial charge is 0.273 e. The highest BCUT2D eigenvalue weighted by Gasteiger charge is 2.41. The Hall–Kier alpha value is -1.08. The summed E-state index contributed by atoms with van der Waals surface area (Å²) in [4.78, 5) is 12.0. The molecule has 8 heteroatoms. The summed E-state index contributed by atoms with van der Waals surface area (Å²) >= 11 is 0. The van der Waals surface area contributed by atoms with Crippen LogP contribution >= 0.6 is 10.7 Å². The molecular formula is C13H20ClN3O3S. The zero-order valence-electron chi connectivity index (χ0n) is 12.4. The third kappa shape index (κ3) is 3.40. The number of nitrogens with zero attached hydrogens (tertiary/aromatic N) is 1. The van der Waals surface area contributed by atoms with Crippen LogP contribution in [0.5, 0.6) is 0 Å². The van der Waals surface area contributed by atoms with Crippen molar-refractivity contribution in [3.8, 4) is 0 Å². The van der Waals surface area contributed by atoms with Gasteiger partial charge in [0.25, 0.3) is 15.0 Å². The first-order valence-electron chi connectivity index (χ1n) is 7.01. The Morgan fingerprint density at radius 3 is 2.52 bits per heavy atom. The summed E-state index contributed by atoms with van der Waals surface area (Å²) in [5.74, 6) is -0.634. The number of carbonyl (C=O) groups excluding carboxylic acids is 1. The van der Waals surface area contributed by atoms with Crippen molar-refractivity contribution in [3.63, 3.8) is 0 Å². The molecule has 1 aromatic rings. The molecule has 0 spiro atoms. The van der Waals surface area contributed by atoms with E-state index >= 15 is 0 Å². The van der Waals surface area contributed by atoms with Crippen molar-refractivity contribution in [2.75, 3.05) is 6.54 Å². The second-order valence-corrected chi connectivity index (χ2v) is 8.45. The largest absolute Gasteiger partial charge is 0.350 e. The number of amides is 1. The van der Waals surface area contributed by atoms with E-state index in [1.165, 1.54) is 0 Å². The predicted octanol–water partition coefficient (Wildman–Crippen LogP) is 2.38.